The lowest BCUT2D eigenvalue weighted by atomic mass is 9.94. The molecule has 3 rings (SSSR count). The van der Waals surface area contributed by atoms with Crippen molar-refractivity contribution in [3.05, 3.63) is 53.1 Å². The van der Waals surface area contributed by atoms with Gasteiger partial charge < -0.3 is 9.47 Å². The van der Waals surface area contributed by atoms with Crippen LogP contribution in [-0.2, 0) is 21.2 Å². The molecule has 0 saturated heterocycles. The molecule has 0 amide bonds. The summed E-state index contributed by atoms with van der Waals surface area (Å²) in [5.74, 6) is 0.294. The lowest BCUT2D eigenvalue weighted by Crippen LogP contribution is -2.32. The Hall–Kier alpha value is -2.54. The van der Waals surface area contributed by atoms with Gasteiger partial charge in [0.2, 0.25) is 0 Å². The van der Waals surface area contributed by atoms with Crippen LogP contribution >= 0.6 is 0 Å². The van der Waals surface area contributed by atoms with Gasteiger partial charge in [-0.3, -0.25) is 4.72 Å². The number of benzene rings is 2. The van der Waals surface area contributed by atoms with Crippen molar-refractivity contribution in [3.63, 3.8) is 0 Å². The number of aryl methyl sites for hydroxylation is 2. The van der Waals surface area contributed by atoms with Gasteiger partial charge in [-0.2, -0.15) is 0 Å². The van der Waals surface area contributed by atoms with Crippen molar-refractivity contribution >= 4 is 21.7 Å². The Labute approximate surface area is 165 Å². The van der Waals surface area contributed by atoms with Crippen LogP contribution in [0.4, 0.5) is 5.69 Å². The smallest absolute Gasteiger partial charge is 0.338 e. The van der Waals surface area contributed by atoms with Crippen LogP contribution in [0.2, 0.25) is 0 Å². The summed E-state index contributed by atoms with van der Waals surface area (Å²) in [4.78, 5) is 12.0. The summed E-state index contributed by atoms with van der Waals surface area (Å²) in [7, 11) is -3.76. The third kappa shape index (κ3) is 4.30. The van der Waals surface area contributed by atoms with Gasteiger partial charge in [0.25, 0.3) is 10.0 Å². The van der Waals surface area contributed by atoms with Gasteiger partial charge >= 0.3 is 5.97 Å². The fourth-order valence-corrected chi connectivity index (χ4v) is 4.31. The Balaban J connectivity index is 1.84. The van der Waals surface area contributed by atoms with E-state index < -0.39 is 16.0 Å². The number of esters is 1. The number of hydrogen-bond acceptors (Lipinski definition) is 5. The molecule has 0 aromatic heterocycles. The van der Waals surface area contributed by atoms with Crippen molar-refractivity contribution in [2.75, 3.05) is 11.3 Å². The number of sulfonamides is 1. The van der Waals surface area contributed by atoms with Gasteiger partial charge in [0.05, 0.1) is 22.8 Å². The molecular weight excluding hydrogens is 378 g/mol. The minimum absolute atomic E-state index is 0.184. The average Bonchev–Trinajstić information content (AvgIpc) is 2.62. The first-order valence-electron chi connectivity index (χ1n) is 9.24. The number of ether oxygens (including phenoxy) is 2. The van der Waals surface area contributed by atoms with E-state index in [1.54, 1.807) is 50.2 Å². The quantitative estimate of drug-likeness (QED) is 0.761. The van der Waals surface area contributed by atoms with E-state index in [1.807, 2.05) is 13.8 Å². The molecule has 0 unspecified atom stereocenters. The van der Waals surface area contributed by atoms with Crippen molar-refractivity contribution in [2.24, 2.45) is 0 Å². The fraction of sp³-hybridized carbons (Fsp3) is 0.381. The molecule has 28 heavy (non-hydrogen) atoms. The molecule has 0 spiro atoms. The number of rotatable bonds is 5. The lowest BCUT2D eigenvalue weighted by molar-refractivity contribution is 0.0526. The van der Waals surface area contributed by atoms with Crippen LogP contribution in [0.15, 0.2) is 41.3 Å². The molecule has 1 aliphatic heterocycles. The zero-order valence-electron chi connectivity index (χ0n) is 16.5. The number of hydrogen-bond donors (Lipinski definition) is 1. The number of anilines is 1. The van der Waals surface area contributed by atoms with Crippen LogP contribution in [0.1, 0.15) is 48.7 Å². The highest BCUT2D eigenvalue weighted by Gasteiger charge is 2.28. The first kappa shape index (κ1) is 20.2. The second-order valence-corrected chi connectivity index (χ2v) is 9.17. The van der Waals surface area contributed by atoms with E-state index in [-0.39, 0.29) is 17.1 Å². The molecule has 0 radical (unpaired) electrons. The van der Waals surface area contributed by atoms with E-state index in [4.69, 9.17) is 9.47 Å². The van der Waals surface area contributed by atoms with Gasteiger partial charge in [0.1, 0.15) is 11.4 Å². The number of fused-ring (bicyclic) bond motifs is 1. The van der Waals surface area contributed by atoms with Crippen LogP contribution in [0, 0.1) is 6.92 Å². The maximum absolute atomic E-state index is 12.8. The van der Waals surface area contributed by atoms with Crippen molar-refractivity contribution in [1.82, 2.24) is 0 Å². The van der Waals surface area contributed by atoms with E-state index in [2.05, 4.69) is 4.72 Å². The van der Waals surface area contributed by atoms with Gasteiger partial charge in [-0.1, -0.05) is 0 Å². The van der Waals surface area contributed by atoms with Gasteiger partial charge in [-0.15, -0.1) is 0 Å². The monoisotopic (exact) mass is 403 g/mol. The maximum atomic E-state index is 12.8. The first-order chi connectivity index (χ1) is 13.1. The van der Waals surface area contributed by atoms with Crippen LogP contribution in [0.5, 0.6) is 5.75 Å². The predicted molar refractivity (Wildman–Crippen MR) is 107 cm³/mol. The Morgan fingerprint density at radius 3 is 2.64 bits per heavy atom. The van der Waals surface area contributed by atoms with Crippen LogP contribution in [0.25, 0.3) is 0 Å². The maximum Gasteiger partial charge on any atom is 0.338 e. The first-order valence-corrected chi connectivity index (χ1v) is 10.7. The van der Waals surface area contributed by atoms with Crippen molar-refractivity contribution in [1.29, 1.82) is 0 Å². The van der Waals surface area contributed by atoms with Crippen LogP contribution in [-0.4, -0.2) is 26.6 Å². The zero-order valence-corrected chi connectivity index (χ0v) is 17.4. The SMILES string of the molecule is CCOC(=O)c1ccc(NS(=O)(=O)c2ccc3c(c2)CCC(C)(C)O3)c(C)c1. The second kappa shape index (κ2) is 7.47. The topological polar surface area (TPSA) is 81.7 Å². The number of carbonyl (C=O) groups is 1. The Kier molecular flexibility index (Phi) is 5.39. The summed E-state index contributed by atoms with van der Waals surface area (Å²) < 4.78 is 39.2. The summed E-state index contributed by atoms with van der Waals surface area (Å²) in [5, 5.41) is 0. The average molecular weight is 404 g/mol. The third-order valence-corrected chi connectivity index (χ3v) is 6.07. The molecule has 0 fully saturated rings. The third-order valence-electron chi connectivity index (χ3n) is 4.71. The number of nitrogens with one attached hydrogen (secondary N) is 1. The molecule has 1 aliphatic rings. The Bertz CT molecular complexity index is 1010. The molecule has 0 bridgehead atoms. The van der Waals surface area contributed by atoms with E-state index in [9.17, 15) is 13.2 Å². The second-order valence-electron chi connectivity index (χ2n) is 7.49. The minimum atomic E-state index is -3.76. The van der Waals surface area contributed by atoms with Gasteiger partial charge in [0.15, 0.2) is 0 Å². The summed E-state index contributed by atoms with van der Waals surface area (Å²) >= 11 is 0. The number of carbonyl (C=O) groups excluding carboxylic acids is 1. The van der Waals surface area contributed by atoms with E-state index in [0.29, 0.717) is 16.8 Å². The molecule has 0 saturated carbocycles. The van der Waals surface area contributed by atoms with E-state index >= 15 is 0 Å². The summed E-state index contributed by atoms with van der Waals surface area (Å²) in [6.07, 6.45) is 1.59. The van der Waals surface area contributed by atoms with Crippen molar-refractivity contribution < 1.29 is 22.7 Å². The molecule has 0 atom stereocenters. The molecule has 1 N–H and O–H groups in total. The van der Waals surface area contributed by atoms with Crippen molar-refractivity contribution in [2.45, 2.75) is 51.0 Å². The zero-order chi connectivity index (χ0) is 20.5. The van der Waals surface area contributed by atoms with Crippen molar-refractivity contribution in [3.8, 4) is 5.75 Å². The lowest BCUT2D eigenvalue weighted by Gasteiger charge is -2.32. The van der Waals surface area contributed by atoms with E-state index in [1.165, 1.54) is 0 Å². The highest BCUT2D eigenvalue weighted by Crippen LogP contribution is 2.34. The standard InChI is InChI=1S/C21H25NO5S/c1-5-26-20(23)16-6-8-18(14(2)12-16)22-28(24,25)17-7-9-19-15(13-17)10-11-21(3,4)27-19/h6-9,12-13,22H,5,10-11H2,1-4H3. The van der Waals surface area contributed by atoms with Gasteiger partial charge in [-0.25, -0.2) is 13.2 Å². The van der Waals surface area contributed by atoms with Crippen LogP contribution in [0.3, 0.4) is 0 Å². The fourth-order valence-electron chi connectivity index (χ4n) is 3.13. The van der Waals surface area contributed by atoms with Gasteiger partial charge in [0, 0.05) is 0 Å². The molecule has 2 aromatic rings. The molecule has 1 heterocycles. The molecular formula is C21H25NO5S. The summed E-state index contributed by atoms with van der Waals surface area (Å²) in [5.41, 5.74) is 2.08. The molecule has 6 nitrogen and oxygen atoms in total. The largest absolute Gasteiger partial charge is 0.488 e. The van der Waals surface area contributed by atoms with Crippen LogP contribution < -0.4 is 9.46 Å². The molecule has 7 heteroatoms. The Morgan fingerprint density at radius 1 is 1.21 bits per heavy atom. The Morgan fingerprint density at radius 2 is 1.96 bits per heavy atom. The van der Waals surface area contributed by atoms with E-state index in [0.717, 1.165) is 24.2 Å². The normalized spacial score (nSPS) is 15.3. The molecule has 0 aliphatic carbocycles. The summed E-state index contributed by atoms with van der Waals surface area (Å²) in [6.45, 7) is 7.79. The predicted octanol–water partition coefficient (Wildman–Crippen LogP) is 4.08. The minimum Gasteiger partial charge on any atom is -0.488 e. The summed E-state index contributed by atoms with van der Waals surface area (Å²) in [6, 6.07) is 9.65. The van der Waals surface area contributed by atoms with Gasteiger partial charge in [-0.05, 0) is 88.1 Å². The molecule has 2 aromatic carbocycles. The highest BCUT2D eigenvalue weighted by atomic mass is 32.2. The highest BCUT2D eigenvalue weighted by molar-refractivity contribution is 7.92. The molecule has 150 valence electrons.